The van der Waals surface area contributed by atoms with Crippen molar-refractivity contribution in [3.8, 4) is 0 Å². The second-order valence-corrected chi connectivity index (χ2v) is 4.14. The predicted octanol–water partition coefficient (Wildman–Crippen LogP) is 0.445. The zero-order valence-corrected chi connectivity index (χ0v) is 10.1. The van der Waals surface area contributed by atoms with E-state index in [0.29, 0.717) is 6.42 Å². The lowest BCUT2D eigenvalue weighted by Gasteiger charge is -2.18. The van der Waals surface area contributed by atoms with E-state index in [-0.39, 0.29) is 5.91 Å². The van der Waals surface area contributed by atoms with Gasteiger partial charge in [0.2, 0.25) is 5.91 Å². The standard InChI is InChI=1S/C12H18N4O/c1-13-11-4-2-3-10(15-11)9-16-7-5-12(17)14-6-8-16/h2-4H,5-9H2,1H3,(H,13,15)(H,14,17). The van der Waals surface area contributed by atoms with Crippen LogP contribution in [-0.4, -0.2) is 42.5 Å². The first-order valence-electron chi connectivity index (χ1n) is 5.90. The smallest absolute Gasteiger partial charge is 0.221 e. The number of nitrogens with one attached hydrogen (secondary N) is 2. The van der Waals surface area contributed by atoms with Crippen LogP contribution in [0.1, 0.15) is 12.1 Å². The number of anilines is 1. The van der Waals surface area contributed by atoms with Crippen LogP contribution in [-0.2, 0) is 11.3 Å². The Bertz CT molecular complexity index is 394. The van der Waals surface area contributed by atoms with Gasteiger partial charge in [0.1, 0.15) is 5.82 Å². The SMILES string of the molecule is CNc1cccc(CN2CCNC(=O)CC2)n1. The topological polar surface area (TPSA) is 57.3 Å². The van der Waals surface area contributed by atoms with Crippen molar-refractivity contribution >= 4 is 11.7 Å². The van der Waals surface area contributed by atoms with Gasteiger partial charge in [-0.25, -0.2) is 4.98 Å². The zero-order chi connectivity index (χ0) is 12.1. The van der Waals surface area contributed by atoms with Crippen LogP contribution < -0.4 is 10.6 Å². The lowest BCUT2D eigenvalue weighted by Crippen LogP contribution is -2.28. The Balaban J connectivity index is 1.97. The Morgan fingerprint density at radius 1 is 1.47 bits per heavy atom. The molecule has 0 unspecified atom stereocenters. The molecule has 1 aromatic heterocycles. The molecule has 2 rings (SSSR count). The normalized spacial score (nSPS) is 17.4. The van der Waals surface area contributed by atoms with E-state index in [1.165, 1.54) is 0 Å². The minimum Gasteiger partial charge on any atom is -0.373 e. The fourth-order valence-electron chi connectivity index (χ4n) is 1.91. The average molecular weight is 234 g/mol. The fraction of sp³-hybridized carbons (Fsp3) is 0.500. The maximum absolute atomic E-state index is 11.2. The van der Waals surface area contributed by atoms with Crippen LogP contribution in [0.25, 0.3) is 0 Å². The third-order valence-electron chi connectivity index (χ3n) is 2.85. The summed E-state index contributed by atoms with van der Waals surface area (Å²) in [6.45, 7) is 3.21. The first kappa shape index (κ1) is 11.9. The molecule has 0 aromatic carbocycles. The molecular formula is C12H18N4O. The molecule has 0 spiro atoms. The van der Waals surface area contributed by atoms with Crippen LogP contribution in [0.4, 0.5) is 5.82 Å². The maximum Gasteiger partial charge on any atom is 0.221 e. The van der Waals surface area contributed by atoms with Crippen molar-refractivity contribution in [3.05, 3.63) is 23.9 Å². The van der Waals surface area contributed by atoms with Gasteiger partial charge in [0.15, 0.2) is 0 Å². The molecule has 5 heteroatoms. The molecule has 0 aliphatic carbocycles. The molecule has 0 radical (unpaired) electrons. The largest absolute Gasteiger partial charge is 0.373 e. The van der Waals surface area contributed by atoms with E-state index in [2.05, 4.69) is 20.5 Å². The first-order chi connectivity index (χ1) is 8.28. The number of hydrogen-bond acceptors (Lipinski definition) is 4. The molecule has 5 nitrogen and oxygen atoms in total. The Hall–Kier alpha value is -1.62. The molecule has 1 aromatic rings. The minimum atomic E-state index is 0.143. The molecule has 2 heterocycles. The molecule has 1 fully saturated rings. The highest BCUT2D eigenvalue weighted by Gasteiger charge is 2.13. The number of amides is 1. The van der Waals surface area contributed by atoms with E-state index >= 15 is 0 Å². The van der Waals surface area contributed by atoms with Gasteiger partial charge in [-0.15, -0.1) is 0 Å². The second kappa shape index (κ2) is 5.63. The van der Waals surface area contributed by atoms with Gasteiger partial charge in [-0.1, -0.05) is 6.07 Å². The number of pyridine rings is 1. The molecular weight excluding hydrogens is 216 g/mol. The molecule has 1 aliphatic rings. The van der Waals surface area contributed by atoms with Crippen molar-refractivity contribution in [3.63, 3.8) is 0 Å². The van der Waals surface area contributed by atoms with Gasteiger partial charge >= 0.3 is 0 Å². The summed E-state index contributed by atoms with van der Waals surface area (Å²) in [4.78, 5) is 17.9. The summed E-state index contributed by atoms with van der Waals surface area (Å²) in [5, 5.41) is 5.90. The van der Waals surface area contributed by atoms with E-state index in [0.717, 1.165) is 37.7 Å². The molecule has 0 atom stereocenters. The summed E-state index contributed by atoms with van der Waals surface area (Å²) in [5.74, 6) is 1.02. The van der Waals surface area contributed by atoms with Gasteiger partial charge in [-0.05, 0) is 12.1 Å². The van der Waals surface area contributed by atoms with Crippen molar-refractivity contribution in [1.82, 2.24) is 15.2 Å². The highest BCUT2D eigenvalue weighted by atomic mass is 16.1. The number of rotatable bonds is 3. The molecule has 2 N–H and O–H groups in total. The zero-order valence-electron chi connectivity index (χ0n) is 10.1. The van der Waals surface area contributed by atoms with Crippen molar-refractivity contribution in [1.29, 1.82) is 0 Å². The van der Waals surface area contributed by atoms with Gasteiger partial charge in [0.05, 0.1) is 5.69 Å². The number of aromatic nitrogens is 1. The van der Waals surface area contributed by atoms with Crippen molar-refractivity contribution in [2.45, 2.75) is 13.0 Å². The number of carbonyl (C=O) groups excluding carboxylic acids is 1. The molecule has 0 bridgehead atoms. The molecule has 1 amide bonds. The van der Waals surface area contributed by atoms with E-state index in [4.69, 9.17) is 0 Å². The predicted molar refractivity (Wildman–Crippen MR) is 66.7 cm³/mol. The summed E-state index contributed by atoms with van der Waals surface area (Å²) < 4.78 is 0. The fourth-order valence-corrected chi connectivity index (χ4v) is 1.91. The van der Waals surface area contributed by atoms with Crippen LogP contribution in [0.5, 0.6) is 0 Å². The summed E-state index contributed by atoms with van der Waals surface area (Å²) in [5.41, 5.74) is 1.03. The summed E-state index contributed by atoms with van der Waals surface area (Å²) in [6.07, 6.45) is 0.575. The third-order valence-corrected chi connectivity index (χ3v) is 2.85. The minimum absolute atomic E-state index is 0.143. The van der Waals surface area contributed by atoms with Crippen LogP contribution >= 0.6 is 0 Å². The van der Waals surface area contributed by atoms with Gasteiger partial charge in [-0.3, -0.25) is 9.69 Å². The summed E-state index contributed by atoms with van der Waals surface area (Å²) in [7, 11) is 1.86. The third kappa shape index (κ3) is 3.42. The number of nitrogens with zero attached hydrogens (tertiary/aromatic N) is 2. The highest BCUT2D eigenvalue weighted by molar-refractivity contribution is 5.76. The van der Waals surface area contributed by atoms with Gasteiger partial charge in [-0.2, -0.15) is 0 Å². The molecule has 0 saturated carbocycles. The van der Waals surface area contributed by atoms with Gasteiger partial charge in [0.25, 0.3) is 0 Å². The summed E-state index contributed by atoms with van der Waals surface area (Å²) >= 11 is 0. The Morgan fingerprint density at radius 2 is 2.35 bits per heavy atom. The lowest BCUT2D eigenvalue weighted by molar-refractivity contribution is -0.120. The average Bonchev–Trinajstić information content (AvgIpc) is 2.55. The highest BCUT2D eigenvalue weighted by Crippen LogP contribution is 2.08. The van der Waals surface area contributed by atoms with Gasteiger partial charge < -0.3 is 10.6 Å². The van der Waals surface area contributed by atoms with E-state index < -0.39 is 0 Å². The van der Waals surface area contributed by atoms with E-state index in [1.807, 2.05) is 25.2 Å². The Morgan fingerprint density at radius 3 is 3.18 bits per heavy atom. The van der Waals surface area contributed by atoms with E-state index in [1.54, 1.807) is 0 Å². The van der Waals surface area contributed by atoms with Crippen LogP contribution in [0.15, 0.2) is 18.2 Å². The van der Waals surface area contributed by atoms with Crippen molar-refractivity contribution in [2.75, 3.05) is 32.0 Å². The first-order valence-corrected chi connectivity index (χ1v) is 5.90. The van der Waals surface area contributed by atoms with Crippen LogP contribution in [0, 0.1) is 0 Å². The summed E-state index contributed by atoms with van der Waals surface area (Å²) in [6, 6.07) is 5.95. The van der Waals surface area contributed by atoms with Gasteiger partial charge in [0, 0.05) is 39.6 Å². The van der Waals surface area contributed by atoms with Crippen LogP contribution in [0.2, 0.25) is 0 Å². The molecule has 17 heavy (non-hydrogen) atoms. The molecule has 1 aliphatic heterocycles. The lowest BCUT2D eigenvalue weighted by atomic mass is 10.3. The second-order valence-electron chi connectivity index (χ2n) is 4.14. The number of carbonyl (C=O) groups is 1. The van der Waals surface area contributed by atoms with Crippen LogP contribution in [0.3, 0.4) is 0 Å². The Kier molecular flexibility index (Phi) is 3.93. The quantitative estimate of drug-likeness (QED) is 0.797. The van der Waals surface area contributed by atoms with E-state index in [9.17, 15) is 4.79 Å². The maximum atomic E-state index is 11.2. The molecule has 1 saturated heterocycles. The van der Waals surface area contributed by atoms with Crippen molar-refractivity contribution in [2.24, 2.45) is 0 Å². The number of hydrogen-bond donors (Lipinski definition) is 2. The Labute approximate surface area is 101 Å². The monoisotopic (exact) mass is 234 g/mol. The molecule has 92 valence electrons. The van der Waals surface area contributed by atoms with Crippen molar-refractivity contribution < 1.29 is 4.79 Å².